The third-order valence-electron chi connectivity index (χ3n) is 7.32. The number of nitrogens with one attached hydrogen (secondary N) is 4. The van der Waals surface area contributed by atoms with Crippen molar-refractivity contribution in [2.45, 2.75) is 56.8 Å². The number of nitrogens with two attached hydrogens (primary N) is 1. The number of aliphatic hydroxyl groups excluding tert-OH is 1. The Balaban J connectivity index is 1.18. The summed E-state index contributed by atoms with van der Waals surface area (Å²) >= 11 is 0. The van der Waals surface area contributed by atoms with Crippen molar-refractivity contribution in [3.8, 4) is 0 Å². The zero-order valence-corrected chi connectivity index (χ0v) is 27.0. The summed E-state index contributed by atoms with van der Waals surface area (Å²) in [4.78, 5) is 30.0. The second-order valence-corrected chi connectivity index (χ2v) is 12.4. The van der Waals surface area contributed by atoms with E-state index in [1.165, 1.54) is 0 Å². The van der Waals surface area contributed by atoms with Gasteiger partial charge in [0.25, 0.3) is 5.91 Å². The molecule has 10 nitrogen and oxygen atoms in total. The number of hydrogen-bond acceptors (Lipinski definition) is 7. The van der Waals surface area contributed by atoms with Gasteiger partial charge < -0.3 is 26.8 Å². The molecular formula is C35H42N6O4S. The number of amides is 2. The topological polar surface area (TPSA) is 158 Å². The third kappa shape index (κ3) is 10.9. The number of aliphatic hydroxyl groups is 1. The Morgan fingerprint density at radius 1 is 0.891 bits per heavy atom. The van der Waals surface area contributed by atoms with E-state index in [9.17, 15) is 18.9 Å². The van der Waals surface area contributed by atoms with Gasteiger partial charge in [-0.3, -0.25) is 9.59 Å². The van der Waals surface area contributed by atoms with Crippen LogP contribution in [0.3, 0.4) is 0 Å². The van der Waals surface area contributed by atoms with Gasteiger partial charge >= 0.3 is 0 Å². The lowest BCUT2D eigenvalue weighted by Gasteiger charge is -2.18. The quantitative estimate of drug-likeness (QED) is 0.109. The van der Waals surface area contributed by atoms with Crippen LogP contribution in [0.25, 0.3) is 0 Å². The molecule has 1 aromatic heterocycles. The minimum atomic E-state index is -1.24. The van der Waals surface area contributed by atoms with Gasteiger partial charge in [0, 0.05) is 49.5 Å². The fourth-order valence-electron chi connectivity index (χ4n) is 4.79. The fourth-order valence-corrected chi connectivity index (χ4v) is 5.60. The lowest BCUT2D eigenvalue weighted by atomic mass is 10.0. The molecule has 242 valence electrons. The summed E-state index contributed by atoms with van der Waals surface area (Å²) in [7, 11) is -1.24. The molecule has 3 unspecified atom stereocenters. The molecule has 46 heavy (non-hydrogen) atoms. The first-order chi connectivity index (χ1) is 22.2. The lowest BCUT2D eigenvalue weighted by molar-refractivity contribution is -0.120. The summed E-state index contributed by atoms with van der Waals surface area (Å²) < 4.78 is 14.9. The van der Waals surface area contributed by atoms with Crippen molar-refractivity contribution >= 4 is 28.6 Å². The van der Waals surface area contributed by atoms with Gasteiger partial charge in [0.2, 0.25) is 5.91 Å². The van der Waals surface area contributed by atoms with Crippen molar-refractivity contribution < 1.29 is 18.9 Å². The monoisotopic (exact) mass is 642 g/mol. The molecule has 0 saturated heterocycles. The fraction of sp³-hybridized carbons (Fsp3) is 0.286. The normalized spacial score (nSPS) is 13.0. The molecule has 0 saturated carbocycles. The van der Waals surface area contributed by atoms with Crippen LogP contribution >= 0.6 is 0 Å². The predicted molar refractivity (Wildman–Crippen MR) is 181 cm³/mol. The van der Waals surface area contributed by atoms with Gasteiger partial charge in [0.15, 0.2) is 0 Å². The van der Waals surface area contributed by atoms with Gasteiger partial charge in [-0.25, -0.2) is 13.9 Å². The summed E-state index contributed by atoms with van der Waals surface area (Å²) in [6.07, 6.45) is 1.90. The molecule has 0 bridgehead atoms. The van der Waals surface area contributed by atoms with Crippen molar-refractivity contribution in [3.63, 3.8) is 0 Å². The van der Waals surface area contributed by atoms with Crippen molar-refractivity contribution in [2.24, 2.45) is 0 Å². The molecule has 4 rings (SSSR count). The van der Waals surface area contributed by atoms with Crippen LogP contribution in [-0.2, 0) is 41.7 Å². The van der Waals surface area contributed by atoms with E-state index >= 15 is 0 Å². The number of anilines is 1. The van der Waals surface area contributed by atoms with Crippen LogP contribution in [0.15, 0.2) is 96.0 Å². The van der Waals surface area contributed by atoms with Gasteiger partial charge in [0.05, 0.1) is 17.4 Å². The zero-order valence-electron chi connectivity index (χ0n) is 26.2. The zero-order chi connectivity index (χ0) is 32.9. The van der Waals surface area contributed by atoms with Crippen molar-refractivity contribution in [1.29, 1.82) is 0 Å². The molecule has 0 spiro atoms. The molecule has 3 aromatic carbocycles. The molecule has 2 amide bonds. The first-order valence-corrected chi connectivity index (χ1v) is 16.4. The van der Waals surface area contributed by atoms with E-state index in [-0.39, 0.29) is 24.3 Å². The van der Waals surface area contributed by atoms with E-state index in [2.05, 4.69) is 32.6 Å². The number of nitrogen functional groups attached to an aromatic ring is 1. The minimum absolute atomic E-state index is 0.0919. The Bertz CT molecular complexity index is 1600. The van der Waals surface area contributed by atoms with Gasteiger partial charge in [-0.15, -0.1) is 0 Å². The van der Waals surface area contributed by atoms with Crippen molar-refractivity contribution in [3.05, 3.63) is 125 Å². The number of nitrogens with zero attached hydrogens (tertiary/aromatic N) is 1. The molecule has 1 heterocycles. The molecule has 11 heteroatoms. The maximum atomic E-state index is 12.7. The average Bonchev–Trinajstić information content (AvgIpc) is 3.06. The minimum Gasteiger partial charge on any atom is -0.387 e. The summed E-state index contributed by atoms with van der Waals surface area (Å²) in [5.41, 5.74) is 10.7. The van der Waals surface area contributed by atoms with Crippen LogP contribution in [0.4, 0.5) is 5.82 Å². The Morgan fingerprint density at radius 3 is 2.24 bits per heavy atom. The van der Waals surface area contributed by atoms with Gasteiger partial charge in [-0.1, -0.05) is 61.5 Å². The number of aromatic nitrogens is 1. The molecule has 3 atom stereocenters. The number of rotatable bonds is 16. The first kappa shape index (κ1) is 34.5. The second kappa shape index (κ2) is 17.3. The van der Waals surface area contributed by atoms with E-state index in [1.807, 2.05) is 55.5 Å². The predicted octanol–water partition coefficient (Wildman–Crippen LogP) is 3.34. The summed E-state index contributed by atoms with van der Waals surface area (Å²) in [5, 5.41) is 19.6. The Hall–Kier alpha value is -4.42. The molecular weight excluding hydrogens is 600 g/mol. The molecule has 0 aliphatic rings. The average molecular weight is 643 g/mol. The summed E-state index contributed by atoms with van der Waals surface area (Å²) in [6, 6.07) is 25.9. The standard InChI is InChI=1S/C35H42N6O4S/c1-3-41-46(45)31-14-9-26(10-15-31)21-40-35(44)29-11-7-25(8-12-29)20-39-34(43)19-28-6-4-5-27(18-28)17-24(2)37-23-32(42)30-13-16-33(36)38-22-30/h4-16,18,22,24,32,37,41-42H,3,17,19-21,23H2,1-2H3,(H2,36,38)(H,39,43)(H,40,44). The van der Waals surface area contributed by atoms with Crippen LogP contribution in [0.2, 0.25) is 0 Å². The summed E-state index contributed by atoms with van der Waals surface area (Å²) in [5.74, 6) is 0.125. The number of pyridine rings is 1. The number of benzene rings is 3. The van der Waals surface area contributed by atoms with E-state index < -0.39 is 17.1 Å². The van der Waals surface area contributed by atoms with Crippen LogP contribution in [0, 0.1) is 0 Å². The Morgan fingerprint density at radius 2 is 1.57 bits per heavy atom. The SMILES string of the molecule is CCNS(=O)c1ccc(CNC(=O)c2ccc(CNC(=O)Cc3cccc(CC(C)NCC(O)c4ccc(N)nc4)c3)cc2)cc1. The molecule has 0 aliphatic heterocycles. The summed E-state index contributed by atoms with van der Waals surface area (Å²) in [6.45, 7) is 5.66. The Labute approximate surface area is 272 Å². The van der Waals surface area contributed by atoms with Crippen molar-refractivity contribution in [1.82, 2.24) is 25.7 Å². The molecule has 0 aliphatic carbocycles. The van der Waals surface area contributed by atoms with Crippen molar-refractivity contribution in [2.75, 3.05) is 18.8 Å². The van der Waals surface area contributed by atoms with E-state index in [1.54, 1.807) is 42.6 Å². The smallest absolute Gasteiger partial charge is 0.251 e. The van der Waals surface area contributed by atoms with Crippen LogP contribution < -0.4 is 26.4 Å². The van der Waals surface area contributed by atoms with Gasteiger partial charge in [-0.05, 0) is 65.9 Å². The van der Waals surface area contributed by atoms with Gasteiger partial charge in [0.1, 0.15) is 16.8 Å². The van der Waals surface area contributed by atoms with E-state index in [4.69, 9.17) is 5.73 Å². The van der Waals surface area contributed by atoms with E-state index in [0.717, 1.165) is 28.7 Å². The highest BCUT2D eigenvalue weighted by Gasteiger charge is 2.12. The van der Waals surface area contributed by atoms with E-state index in [0.29, 0.717) is 48.0 Å². The van der Waals surface area contributed by atoms with Crippen LogP contribution in [0.5, 0.6) is 0 Å². The molecule has 7 N–H and O–H groups in total. The third-order valence-corrected chi connectivity index (χ3v) is 8.57. The lowest BCUT2D eigenvalue weighted by Crippen LogP contribution is -2.32. The molecule has 0 radical (unpaired) electrons. The second-order valence-electron chi connectivity index (χ2n) is 11.1. The van der Waals surface area contributed by atoms with Crippen LogP contribution in [0.1, 0.15) is 58.1 Å². The highest BCUT2D eigenvalue weighted by atomic mass is 32.2. The first-order valence-electron chi connectivity index (χ1n) is 15.3. The maximum Gasteiger partial charge on any atom is 0.251 e. The van der Waals surface area contributed by atoms with Crippen LogP contribution in [-0.4, -0.2) is 45.2 Å². The largest absolute Gasteiger partial charge is 0.387 e. The number of carbonyl (C=O) groups is 2. The highest BCUT2D eigenvalue weighted by molar-refractivity contribution is 7.83. The Kier molecular flexibility index (Phi) is 13.0. The maximum absolute atomic E-state index is 12.7. The van der Waals surface area contributed by atoms with Gasteiger partial charge in [-0.2, -0.15) is 0 Å². The number of carbonyl (C=O) groups excluding carboxylic acids is 2. The molecule has 4 aromatic rings. The number of hydrogen-bond donors (Lipinski definition) is 6. The highest BCUT2D eigenvalue weighted by Crippen LogP contribution is 2.14. The molecule has 0 fully saturated rings.